The van der Waals surface area contributed by atoms with E-state index in [1.807, 2.05) is 19.1 Å². The lowest BCUT2D eigenvalue weighted by Gasteiger charge is -2.35. The first-order chi connectivity index (χ1) is 14.2. The highest BCUT2D eigenvalue weighted by Crippen LogP contribution is 2.25. The van der Waals surface area contributed by atoms with E-state index in [4.69, 9.17) is 0 Å². The molecule has 0 aromatic heterocycles. The van der Waals surface area contributed by atoms with Crippen LogP contribution in [0.3, 0.4) is 0 Å². The van der Waals surface area contributed by atoms with E-state index in [-0.39, 0.29) is 11.7 Å². The summed E-state index contributed by atoms with van der Waals surface area (Å²) in [5, 5.41) is 2.86. The quantitative estimate of drug-likeness (QED) is 0.754. The van der Waals surface area contributed by atoms with Crippen molar-refractivity contribution in [2.45, 2.75) is 20.0 Å². The van der Waals surface area contributed by atoms with Crippen LogP contribution in [0.15, 0.2) is 42.5 Å². The van der Waals surface area contributed by atoms with Crippen molar-refractivity contribution in [1.29, 1.82) is 0 Å². The number of alkyl halides is 3. The average molecular weight is 421 g/mol. The van der Waals surface area contributed by atoms with Gasteiger partial charge in [0.05, 0.1) is 0 Å². The number of anilines is 2. The highest BCUT2D eigenvalue weighted by molar-refractivity contribution is 6.04. The van der Waals surface area contributed by atoms with Crippen molar-refractivity contribution in [3.63, 3.8) is 0 Å². The zero-order valence-corrected chi connectivity index (χ0v) is 17.1. The predicted octanol–water partition coefficient (Wildman–Crippen LogP) is 4.33. The van der Waals surface area contributed by atoms with Gasteiger partial charge >= 0.3 is 6.18 Å². The minimum Gasteiger partial charge on any atom is -0.484 e. The number of nitrogens with zero attached hydrogens (tertiary/aromatic N) is 2. The molecule has 2 aromatic rings. The summed E-state index contributed by atoms with van der Waals surface area (Å²) in [5.74, 6) is -0.266. The Morgan fingerprint density at radius 2 is 1.73 bits per heavy atom. The van der Waals surface area contributed by atoms with Crippen LogP contribution in [-0.2, 0) is 0 Å². The Kier molecular flexibility index (Phi) is 6.87. The molecule has 0 radical (unpaired) electrons. The number of hydrogen-bond acceptors (Lipinski definition) is 4. The first-order valence-corrected chi connectivity index (χ1v) is 9.94. The molecular formula is C22H26F3N3O2. The fraction of sp³-hybridized carbons (Fsp3) is 0.409. The maximum Gasteiger partial charge on any atom is 0.422 e. The van der Waals surface area contributed by atoms with Crippen LogP contribution in [0.25, 0.3) is 0 Å². The lowest BCUT2D eigenvalue weighted by atomic mass is 10.1. The van der Waals surface area contributed by atoms with Gasteiger partial charge in [0.1, 0.15) is 5.75 Å². The monoisotopic (exact) mass is 421 g/mol. The molecule has 1 saturated heterocycles. The number of hydrogen-bond donors (Lipinski definition) is 1. The maximum absolute atomic E-state index is 12.5. The summed E-state index contributed by atoms with van der Waals surface area (Å²) in [6, 6.07) is 11.5. The maximum atomic E-state index is 12.5. The van der Waals surface area contributed by atoms with Crippen LogP contribution in [0.5, 0.6) is 5.75 Å². The van der Waals surface area contributed by atoms with Gasteiger partial charge in [-0.25, -0.2) is 0 Å². The molecule has 30 heavy (non-hydrogen) atoms. The molecule has 1 aliphatic heterocycles. The first-order valence-electron chi connectivity index (χ1n) is 9.94. The molecule has 1 fully saturated rings. The zero-order chi connectivity index (χ0) is 21.7. The van der Waals surface area contributed by atoms with Crippen molar-refractivity contribution in [3.8, 4) is 5.75 Å². The van der Waals surface area contributed by atoms with Crippen LogP contribution >= 0.6 is 0 Å². The zero-order valence-electron chi connectivity index (χ0n) is 17.1. The number of piperazine rings is 1. The molecule has 0 bridgehead atoms. The van der Waals surface area contributed by atoms with Crippen LogP contribution in [0, 0.1) is 6.92 Å². The largest absolute Gasteiger partial charge is 0.484 e. The summed E-state index contributed by atoms with van der Waals surface area (Å²) in [7, 11) is 0. The Hall–Kier alpha value is -2.74. The van der Waals surface area contributed by atoms with Gasteiger partial charge in [-0.2, -0.15) is 13.2 Å². The van der Waals surface area contributed by atoms with Crippen molar-refractivity contribution in [3.05, 3.63) is 53.6 Å². The lowest BCUT2D eigenvalue weighted by Crippen LogP contribution is -2.46. The van der Waals surface area contributed by atoms with E-state index in [2.05, 4.69) is 32.8 Å². The minimum absolute atomic E-state index is 0.0626. The second-order valence-electron chi connectivity index (χ2n) is 7.30. The number of benzene rings is 2. The van der Waals surface area contributed by atoms with E-state index in [0.29, 0.717) is 11.3 Å². The third-order valence-electron chi connectivity index (χ3n) is 5.16. The number of likely N-dealkylation sites (N-methyl/N-ethyl adjacent to an activating group) is 1. The van der Waals surface area contributed by atoms with Crippen LogP contribution < -0.4 is 15.0 Å². The number of halogens is 3. The SMILES string of the molecule is CCN1CCN(c2ccc(NC(=O)c3ccc(OCC(F)(F)F)cc3)c(C)c2)CC1. The summed E-state index contributed by atoms with van der Waals surface area (Å²) in [4.78, 5) is 17.3. The Labute approximate surface area is 174 Å². The predicted molar refractivity (Wildman–Crippen MR) is 111 cm³/mol. The molecule has 5 nitrogen and oxygen atoms in total. The number of carbonyl (C=O) groups excluding carboxylic acids is 1. The van der Waals surface area contributed by atoms with Gasteiger partial charge in [0.15, 0.2) is 6.61 Å². The second-order valence-corrected chi connectivity index (χ2v) is 7.30. The number of carbonyl (C=O) groups is 1. The van der Waals surface area contributed by atoms with Gasteiger partial charge in [0, 0.05) is 43.1 Å². The average Bonchev–Trinajstić information content (AvgIpc) is 2.73. The van der Waals surface area contributed by atoms with E-state index >= 15 is 0 Å². The summed E-state index contributed by atoms with van der Waals surface area (Å²) in [5.41, 5.74) is 3.12. The van der Waals surface area contributed by atoms with Crippen molar-refractivity contribution in [2.75, 3.05) is 49.5 Å². The van der Waals surface area contributed by atoms with Crippen molar-refractivity contribution in [2.24, 2.45) is 0 Å². The third-order valence-corrected chi connectivity index (χ3v) is 5.16. The van der Waals surface area contributed by atoms with Crippen LogP contribution in [0.2, 0.25) is 0 Å². The van der Waals surface area contributed by atoms with Crippen molar-refractivity contribution < 1.29 is 22.7 Å². The second kappa shape index (κ2) is 9.38. The van der Waals surface area contributed by atoms with E-state index in [0.717, 1.165) is 44.0 Å². The smallest absolute Gasteiger partial charge is 0.422 e. The van der Waals surface area contributed by atoms with E-state index < -0.39 is 12.8 Å². The molecule has 1 aliphatic rings. The van der Waals surface area contributed by atoms with Gasteiger partial charge in [-0.05, 0) is 61.5 Å². The van der Waals surface area contributed by atoms with E-state index in [1.165, 1.54) is 24.3 Å². The van der Waals surface area contributed by atoms with Gasteiger partial charge < -0.3 is 19.9 Å². The first kappa shape index (κ1) is 22.0. The summed E-state index contributed by atoms with van der Waals surface area (Å²) in [6.07, 6.45) is -4.40. The Morgan fingerprint density at radius 1 is 1.07 bits per heavy atom. The molecule has 1 N–H and O–H groups in total. The van der Waals surface area contributed by atoms with Crippen LogP contribution in [0.1, 0.15) is 22.8 Å². The lowest BCUT2D eigenvalue weighted by molar-refractivity contribution is -0.153. The number of ether oxygens (including phenoxy) is 1. The van der Waals surface area contributed by atoms with Crippen molar-refractivity contribution in [1.82, 2.24) is 4.90 Å². The fourth-order valence-corrected chi connectivity index (χ4v) is 3.37. The van der Waals surface area contributed by atoms with Gasteiger partial charge in [0.25, 0.3) is 5.91 Å². The normalized spacial score (nSPS) is 15.2. The molecule has 0 saturated carbocycles. The third kappa shape index (κ3) is 5.89. The summed E-state index contributed by atoms with van der Waals surface area (Å²) < 4.78 is 41.3. The number of amides is 1. The highest BCUT2D eigenvalue weighted by Gasteiger charge is 2.28. The molecule has 0 spiro atoms. The molecule has 162 valence electrons. The number of nitrogens with one attached hydrogen (secondary N) is 1. The molecule has 1 amide bonds. The topological polar surface area (TPSA) is 44.8 Å². The highest BCUT2D eigenvalue weighted by atomic mass is 19.4. The minimum atomic E-state index is -4.40. The van der Waals surface area contributed by atoms with Crippen LogP contribution in [-0.4, -0.2) is 56.3 Å². The molecule has 0 unspecified atom stereocenters. The van der Waals surface area contributed by atoms with E-state index in [1.54, 1.807) is 0 Å². The molecule has 8 heteroatoms. The molecule has 0 atom stereocenters. The molecule has 2 aromatic carbocycles. The number of aryl methyl sites for hydroxylation is 1. The Morgan fingerprint density at radius 3 is 2.30 bits per heavy atom. The molecule has 0 aliphatic carbocycles. The summed E-state index contributed by atoms with van der Waals surface area (Å²) >= 11 is 0. The molecular weight excluding hydrogens is 395 g/mol. The Bertz CT molecular complexity index is 861. The Balaban J connectivity index is 1.60. The standard InChI is InChI=1S/C22H26F3N3O2/c1-3-27-10-12-28(13-11-27)18-6-9-20(16(2)14-18)26-21(29)17-4-7-19(8-5-17)30-15-22(23,24)25/h4-9,14H,3,10-13,15H2,1-2H3,(H,26,29). The van der Waals surface area contributed by atoms with E-state index in [9.17, 15) is 18.0 Å². The van der Waals surface area contributed by atoms with Gasteiger partial charge in [-0.1, -0.05) is 6.92 Å². The fourth-order valence-electron chi connectivity index (χ4n) is 3.37. The van der Waals surface area contributed by atoms with Gasteiger partial charge in [-0.15, -0.1) is 0 Å². The van der Waals surface area contributed by atoms with Gasteiger partial charge in [0.2, 0.25) is 0 Å². The summed E-state index contributed by atoms with van der Waals surface area (Å²) in [6.45, 7) is 7.83. The molecule has 1 heterocycles. The van der Waals surface area contributed by atoms with Crippen molar-refractivity contribution >= 4 is 17.3 Å². The molecule has 3 rings (SSSR count). The van der Waals surface area contributed by atoms with Gasteiger partial charge in [-0.3, -0.25) is 4.79 Å². The number of rotatable bonds is 6. The van der Waals surface area contributed by atoms with Crippen LogP contribution in [0.4, 0.5) is 24.5 Å².